The Balaban J connectivity index is 1.51. The molecule has 0 aromatic heterocycles. The predicted molar refractivity (Wildman–Crippen MR) is 131 cm³/mol. The molecule has 0 spiro atoms. The van der Waals surface area contributed by atoms with E-state index in [1.807, 2.05) is 79.7 Å². The van der Waals surface area contributed by atoms with E-state index >= 15 is 0 Å². The van der Waals surface area contributed by atoms with Gasteiger partial charge in [0, 0.05) is 5.02 Å². The van der Waals surface area contributed by atoms with Crippen LogP contribution in [0.5, 0.6) is 11.5 Å². The molecule has 5 nitrogen and oxygen atoms in total. The number of aryl methyl sites for hydroxylation is 1. The molecular formula is C25H21ClN2O3S. The molecule has 1 N–H and O–H groups in total. The number of ether oxygens (including phenoxy) is 2. The highest BCUT2D eigenvalue weighted by molar-refractivity contribution is 8.18. The number of thioether (sulfide) groups is 1. The van der Waals surface area contributed by atoms with E-state index in [4.69, 9.17) is 21.1 Å². The van der Waals surface area contributed by atoms with Crippen LogP contribution >= 0.6 is 23.4 Å². The lowest BCUT2D eigenvalue weighted by Crippen LogP contribution is -2.19. The highest BCUT2D eigenvalue weighted by Crippen LogP contribution is 2.32. The van der Waals surface area contributed by atoms with E-state index < -0.39 is 0 Å². The van der Waals surface area contributed by atoms with Crippen molar-refractivity contribution >= 4 is 46.2 Å². The number of nitrogens with zero attached hydrogens (tertiary/aromatic N) is 1. The number of aliphatic imine (C=N–C) groups is 1. The fraction of sp³-hybridized carbons (Fsp3) is 0.120. The zero-order valence-corrected chi connectivity index (χ0v) is 19.2. The third-order valence-corrected chi connectivity index (χ3v) is 5.87. The molecule has 7 heteroatoms. The average molecular weight is 465 g/mol. The van der Waals surface area contributed by atoms with Gasteiger partial charge in [-0.25, -0.2) is 4.99 Å². The third kappa shape index (κ3) is 5.52. The van der Waals surface area contributed by atoms with Gasteiger partial charge in [0.2, 0.25) is 0 Å². The van der Waals surface area contributed by atoms with Gasteiger partial charge in [-0.3, -0.25) is 4.79 Å². The van der Waals surface area contributed by atoms with Gasteiger partial charge in [-0.15, -0.1) is 0 Å². The SMILES string of the molecule is COc1ccc(/C=C2\SC(=Nc3ccc(C)cc3)NC2=O)cc1OCc1ccc(Cl)cc1. The lowest BCUT2D eigenvalue weighted by atomic mass is 10.2. The summed E-state index contributed by atoms with van der Waals surface area (Å²) < 4.78 is 11.4. The molecule has 3 aromatic carbocycles. The van der Waals surface area contributed by atoms with Crippen LogP contribution in [0, 0.1) is 6.92 Å². The normalized spacial score (nSPS) is 15.8. The largest absolute Gasteiger partial charge is 0.493 e. The van der Waals surface area contributed by atoms with Crippen molar-refractivity contribution in [3.8, 4) is 11.5 Å². The second-order valence-electron chi connectivity index (χ2n) is 7.14. The number of carbonyl (C=O) groups excluding carboxylic acids is 1. The van der Waals surface area contributed by atoms with Crippen LogP contribution in [0.1, 0.15) is 16.7 Å². The van der Waals surface area contributed by atoms with E-state index in [1.165, 1.54) is 11.8 Å². The Kier molecular flexibility index (Phi) is 6.83. The zero-order valence-electron chi connectivity index (χ0n) is 17.6. The molecule has 3 aromatic rings. The summed E-state index contributed by atoms with van der Waals surface area (Å²) in [6.07, 6.45) is 1.81. The first-order valence-corrected chi connectivity index (χ1v) is 11.1. The monoisotopic (exact) mass is 464 g/mol. The molecule has 0 unspecified atom stereocenters. The first kappa shape index (κ1) is 22.0. The molecule has 0 atom stereocenters. The maximum atomic E-state index is 12.4. The summed E-state index contributed by atoms with van der Waals surface area (Å²) in [4.78, 5) is 17.5. The van der Waals surface area contributed by atoms with E-state index in [2.05, 4.69) is 10.3 Å². The summed E-state index contributed by atoms with van der Waals surface area (Å²) in [5.41, 5.74) is 3.77. The highest BCUT2D eigenvalue weighted by Gasteiger charge is 2.24. The lowest BCUT2D eigenvalue weighted by Gasteiger charge is -2.12. The molecule has 32 heavy (non-hydrogen) atoms. The van der Waals surface area contributed by atoms with Gasteiger partial charge in [-0.2, -0.15) is 0 Å². The second kappa shape index (κ2) is 9.94. The van der Waals surface area contributed by atoms with E-state index in [-0.39, 0.29) is 5.91 Å². The minimum atomic E-state index is -0.180. The van der Waals surface area contributed by atoms with Crippen molar-refractivity contribution in [1.29, 1.82) is 0 Å². The summed E-state index contributed by atoms with van der Waals surface area (Å²) in [5.74, 6) is 1.03. The summed E-state index contributed by atoms with van der Waals surface area (Å²) in [6, 6.07) is 20.8. The van der Waals surface area contributed by atoms with Gasteiger partial charge in [-0.05, 0) is 72.3 Å². The van der Waals surface area contributed by atoms with Gasteiger partial charge in [0.1, 0.15) is 6.61 Å². The number of hydrogen-bond acceptors (Lipinski definition) is 5. The van der Waals surface area contributed by atoms with Gasteiger partial charge in [0.05, 0.1) is 17.7 Å². The van der Waals surface area contributed by atoms with Gasteiger partial charge in [0.15, 0.2) is 16.7 Å². The number of benzene rings is 3. The summed E-state index contributed by atoms with van der Waals surface area (Å²) in [7, 11) is 1.59. The number of amides is 1. The Labute approximate surface area is 196 Å². The molecule has 1 aliphatic heterocycles. The summed E-state index contributed by atoms with van der Waals surface area (Å²) >= 11 is 7.25. The molecule has 1 amide bonds. The van der Waals surface area contributed by atoms with Crippen LogP contribution in [0.2, 0.25) is 5.02 Å². The summed E-state index contributed by atoms with van der Waals surface area (Å²) in [5, 5.41) is 4.05. The van der Waals surface area contributed by atoms with E-state index in [0.717, 1.165) is 22.4 Å². The molecule has 1 aliphatic rings. The first-order chi connectivity index (χ1) is 15.5. The Hall–Kier alpha value is -3.22. The Bertz CT molecular complexity index is 1190. The molecule has 1 saturated heterocycles. The Morgan fingerprint density at radius 2 is 1.78 bits per heavy atom. The van der Waals surface area contributed by atoms with Crippen LogP contribution in [0.3, 0.4) is 0 Å². The highest BCUT2D eigenvalue weighted by atomic mass is 35.5. The minimum absolute atomic E-state index is 0.180. The van der Waals surface area contributed by atoms with Crippen LogP contribution < -0.4 is 14.8 Å². The molecule has 0 saturated carbocycles. The molecule has 0 aliphatic carbocycles. The number of hydrogen-bond donors (Lipinski definition) is 1. The third-order valence-electron chi connectivity index (χ3n) is 4.71. The molecule has 1 heterocycles. The van der Waals surface area contributed by atoms with Crippen LogP contribution in [-0.2, 0) is 11.4 Å². The van der Waals surface area contributed by atoms with Crippen molar-refractivity contribution in [2.45, 2.75) is 13.5 Å². The van der Waals surface area contributed by atoms with Crippen molar-refractivity contribution in [2.75, 3.05) is 7.11 Å². The number of nitrogens with one attached hydrogen (secondary N) is 1. The molecule has 4 rings (SSSR count). The fourth-order valence-corrected chi connectivity index (χ4v) is 3.97. The average Bonchev–Trinajstić information content (AvgIpc) is 3.13. The second-order valence-corrected chi connectivity index (χ2v) is 8.61. The smallest absolute Gasteiger partial charge is 0.264 e. The van der Waals surface area contributed by atoms with E-state index in [9.17, 15) is 4.79 Å². The Morgan fingerprint density at radius 3 is 2.50 bits per heavy atom. The zero-order chi connectivity index (χ0) is 22.5. The standard InChI is InChI=1S/C25H21ClN2O3S/c1-16-3-10-20(11-4-16)27-25-28-24(29)23(32-25)14-18-7-12-21(30-2)22(13-18)31-15-17-5-8-19(26)9-6-17/h3-14H,15H2,1-2H3,(H,27,28,29)/b23-14-. The van der Waals surface area contributed by atoms with Crippen molar-refractivity contribution in [3.05, 3.63) is 93.3 Å². The number of amidine groups is 1. The topological polar surface area (TPSA) is 59.9 Å². The Morgan fingerprint density at radius 1 is 1.03 bits per heavy atom. The minimum Gasteiger partial charge on any atom is -0.493 e. The van der Waals surface area contributed by atoms with Gasteiger partial charge < -0.3 is 14.8 Å². The van der Waals surface area contributed by atoms with Crippen LogP contribution in [0.15, 0.2) is 76.6 Å². The predicted octanol–water partition coefficient (Wildman–Crippen LogP) is 6.13. The van der Waals surface area contributed by atoms with Crippen molar-refractivity contribution in [3.63, 3.8) is 0 Å². The van der Waals surface area contributed by atoms with E-state index in [0.29, 0.717) is 33.2 Å². The van der Waals surface area contributed by atoms with Gasteiger partial charge in [0.25, 0.3) is 5.91 Å². The number of rotatable bonds is 6. The van der Waals surface area contributed by atoms with E-state index in [1.54, 1.807) is 7.11 Å². The molecule has 1 fully saturated rings. The van der Waals surface area contributed by atoms with Gasteiger partial charge >= 0.3 is 0 Å². The van der Waals surface area contributed by atoms with Gasteiger partial charge in [-0.1, -0.05) is 47.5 Å². The molecular weight excluding hydrogens is 444 g/mol. The number of halogens is 1. The van der Waals surface area contributed by atoms with Crippen LogP contribution in [-0.4, -0.2) is 18.2 Å². The molecule has 0 radical (unpaired) electrons. The summed E-state index contributed by atoms with van der Waals surface area (Å²) in [6.45, 7) is 2.39. The van der Waals surface area contributed by atoms with Crippen molar-refractivity contribution in [2.24, 2.45) is 4.99 Å². The van der Waals surface area contributed by atoms with Crippen molar-refractivity contribution < 1.29 is 14.3 Å². The fourth-order valence-electron chi connectivity index (χ4n) is 3.01. The van der Waals surface area contributed by atoms with Crippen LogP contribution in [0.4, 0.5) is 5.69 Å². The number of methoxy groups -OCH3 is 1. The molecule has 162 valence electrons. The maximum Gasteiger partial charge on any atom is 0.264 e. The maximum absolute atomic E-state index is 12.4. The lowest BCUT2D eigenvalue weighted by molar-refractivity contribution is -0.115. The quantitative estimate of drug-likeness (QED) is 0.446. The first-order valence-electron chi connectivity index (χ1n) is 9.92. The number of carbonyl (C=O) groups is 1. The molecule has 0 bridgehead atoms. The van der Waals surface area contributed by atoms with Crippen molar-refractivity contribution in [1.82, 2.24) is 5.32 Å². The van der Waals surface area contributed by atoms with Crippen LogP contribution in [0.25, 0.3) is 6.08 Å².